The molecule has 2 fully saturated rings. The summed E-state index contributed by atoms with van der Waals surface area (Å²) in [5.74, 6) is -0.920. The van der Waals surface area contributed by atoms with Crippen molar-refractivity contribution in [3.63, 3.8) is 0 Å². The highest BCUT2D eigenvalue weighted by molar-refractivity contribution is 8.00. The number of ketones is 1. The van der Waals surface area contributed by atoms with Gasteiger partial charge in [0.2, 0.25) is 17.7 Å². The molecule has 1 aromatic carbocycles. The highest BCUT2D eigenvalue weighted by Crippen LogP contribution is 2.33. The van der Waals surface area contributed by atoms with Crippen LogP contribution in [0.5, 0.6) is 0 Å². The Hall–Kier alpha value is -2.79. The summed E-state index contributed by atoms with van der Waals surface area (Å²) in [7, 11) is 0. The molecular weight excluding hydrogens is 530 g/mol. The Kier molecular flexibility index (Phi) is 11.3. The van der Waals surface area contributed by atoms with Gasteiger partial charge in [-0.3, -0.25) is 19.2 Å². The summed E-state index contributed by atoms with van der Waals surface area (Å²) in [5, 5.41) is 14.1. The number of amides is 5. The van der Waals surface area contributed by atoms with Gasteiger partial charge in [-0.25, -0.2) is 4.79 Å². The zero-order chi connectivity index (χ0) is 27.7. The number of fused-ring (bicyclic) bond motifs is 1. The second kappa shape index (κ2) is 14.4. The third-order valence-electron chi connectivity index (χ3n) is 6.72. The van der Waals surface area contributed by atoms with Gasteiger partial charge in [-0.15, -0.1) is 11.6 Å². The molecule has 2 saturated heterocycles. The number of thioether (sulfide) groups is 1. The van der Waals surface area contributed by atoms with Crippen LogP contribution in [0.25, 0.3) is 0 Å². The number of hydrogen-bond donors (Lipinski definition) is 5. The molecule has 10 nitrogen and oxygen atoms in total. The van der Waals surface area contributed by atoms with Crippen molar-refractivity contribution in [2.45, 2.75) is 81.4 Å². The summed E-state index contributed by atoms with van der Waals surface area (Å²) < 4.78 is 0. The smallest absolute Gasteiger partial charge is 0.315 e. The maximum absolute atomic E-state index is 12.7. The summed E-state index contributed by atoms with van der Waals surface area (Å²) in [4.78, 5) is 61.3. The van der Waals surface area contributed by atoms with Crippen molar-refractivity contribution in [1.29, 1.82) is 0 Å². The molecule has 5 N–H and O–H groups in total. The molecule has 0 aromatic heterocycles. The molecule has 5 amide bonds. The number of Topliss-reactive ketones (excluding diaryl/α,β-unsaturated/α-hetero) is 1. The Bertz CT molecular complexity index is 1010. The molecule has 3 rings (SSSR count). The van der Waals surface area contributed by atoms with Crippen LogP contribution in [0.3, 0.4) is 0 Å². The van der Waals surface area contributed by atoms with E-state index in [0.29, 0.717) is 11.7 Å². The molecule has 2 heterocycles. The summed E-state index contributed by atoms with van der Waals surface area (Å²) in [6.45, 7) is 3.07. The fourth-order valence-corrected chi connectivity index (χ4v) is 6.27. The maximum atomic E-state index is 12.7. The molecule has 2 aliphatic rings. The molecule has 6 atom stereocenters. The third kappa shape index (κ3) is 8.62. The second-order valence-corrected chi connectivity index (χ2v) is 11.3. The number of carbonyl (C=O) groups is 5. The Morgan fingerprint density at radius 2 is 1.68 bits per heavy atom. The minimum Gasteiger partial charge on any atom is -0.345 e. The molecule has 0 spiro atoms. The van der Waals surface area contributed by atoms with Crippen molar-refractivity contribution in [3.05, 3.63) is 35.9 Å². The normalized spacial score (nSPS) is 22.3. The number of rotatable bonds is 14. The number of unbranched alkanes of at least 4 members (excludes halogenated alkanes) is 1. The number of benzene rings is 1. The summed E-state index contributed by atoms with van der Waals surface area (Å²) >= 11 is 7.56. The average Bonchev–Trinajstić information content (AvgIpc) is 3.45. The van der Waals surface area contributed by atoms with Crippen LogP contribution in [0, 0.1) is 0 Å². The van der Waals surface area contributed by atoms with E-state index < -0.39 is 29.9 Å². The topological polar surface area (TPSA) is 146 Å². The summed E-state index contributed by atoms with van der Waals surface area (Å²) in [6, 6.07) is 6.91. The third-order valence-corrected chi connectivity index (χ3v) is 8.50. The van der Waals surface area contributed by atoms with Crippen LogP contribution in [-0.2, 0) is 25.6 Å². The minimum atomic E-state index is -0.915. The first-order chi connectivity index (χ1) is 18.2. The second-order valence-electron chi connectivity index (χ2n) is 9.74. The highest BCUT2D eigenvalue weighted by atomic mass is 35.5. The van der Waals surface area contributed by atoms with Crippen molar-refractivity contribution in [1.82, 2.24) is 26.6 Å². The standard InChI is InChI=1S/C26H36ClN5O5S/c1-15(28-22(34)11-7-6-10-21-23-19(14-38-21)31-26(37)32-23)24(35)29-16(2)25(36)30-18(20(33)13-27)12-17-8-4-3-5-9-17/h3-5,8-9,15-16,18-19,21,23H,6-7,10-14H2,1-2H3,(H,28,34)(H,29,35)(H,30,36)(H2,31,32,37)/t15-,16-,18-,19-,21-,23-/m0/s1. The molecule has 0 unspecified atom stereocenters. The number of carbonyl (C=O) groups excluding carboxylic acids is 5. The average molecular weight is 566 g/mol. The lowest BCUT2D eigenvalue weighted by Crippen LogP contribution is -2.54. The molecule has 0 aliphatic carbocycles. The van der Waals surface area contributed by atoms with Gasteiger partial charge in [-0.1, -0.05) is 36.8 Å². The van der Waals surface area contributed by atoms with Gasteiger partial charge in [-0.2, -0.15) is 11.8 Å². The molecule has 0 radical (unpaired) electrons. The van der Waals surface area contributed by atoms with Gasteiger partial charge in [0.1, 0.15) is 12.1 Å². The van der Waals surface area contributed by atoms with Crippen molar-refractivity contribution in [3.8, 4) is 0 Å². The van der Waals surface area contributed by atoms with Crippen molar-refractivity contribution >= 4 is 52.9 Å². The van der Waals surface area contributed by atoms with E-state index in [1.165, 1.54) is 6.92 Å². The predicted octanol–water partition coefficient (Wildman–Crippen LogP) is 1.26. The van der Waals surface area contributed by atoms with E-state index in [9.17, 15) is 24.0 Å². The van der Waals surface area contributed by atoms with E-state index in [1.54, 1.807) is 6.92 Å². The zero-order valence-electron chi connectivity index (χ0n) is 21.6. The Morgan fingerprint density at radius 3 is 2.39 bits per heavy atom. The van der Waals surface area contributed by atoms with Crippen LogP contribution in [-0.4, -0.2) is 76.6 Å². The lowest BCUT2D eigenvalue weighted by Gasteiger charge is -2.22. The number of hydrogen-bond acceptors (Lipinski definition) is 6. The van der Waals surface area contributed by atoms with Gasteiger partial charge >= 0.3 is 6.03 Å². The van der Waals surface area contributed by atoms with E-state index >= 15 is 0 Å². The predicted molar refractivity (Wildman–Crippen MR) is 147 cm³/mol. The molecule has 0 bridgehead atoms. The van der Waals surface area contributed by atoms with Gasteiger partial charge in [0.15, 0.2) is 5.78 Å². The molecular formula is C26H36ClN5O5S. The van der Waals surface area contributed by atoms with Crippen LogP contribution in [0.15, 0.2) is 30.3 Å². The van der Waals surface area contributed by atoms with Crippen LogP contribution in [0.4, 0.5) is 4.79 Å². The SMILES string of the molecule is C[C@H](NC(=O)CCCC[C@@H]1SC[C@@H]2NC(=O)N[C@@H]21)C(=O)N[C@@H](C)C(=O)N[C@@H](Cc1ccccc1)C(=O)CCl. The van der Waals surface area contributed by atoms with E-state index in [4.69, 9.17) is 11.6 Å². The van der Waals surface area contributed by atoms with Crippen molar-refractivity contribution < 1.29 is 24.0 Å². The fourth-order valence-electron chi connectivity index (χ4n) is 4.54. The monoisotopic (exact) mass is 565 g/mol. The van der Waals surface area contributed by atoms with Gasteiger partial charge in [0.05, 0.1) is 24.0 Å². The molecule has 2 aliphatic heterocycles. The van der Waals surface area contributed by atoms with Crippen LogP contribution in [0.1, 0.15) is 45.1 Å². The van der Waals surface area contributed by atoms with Gasteiger partial charge in [0.25, 0.3) is 0 Å². The lowest BCUT2D eigenvalue weighted by molar-refractivity contribution is -0.132. The number of halogens is 1. The van der Waals surface area contributed by atoms with Crippen LogP contribution >= 0.6 is 23.4 Å². The summed E-state index contributed by atoms with van der Waals surface area (Å²) in [5.41, 5.74) is 0.873. The molecule has 208 valence electrons. The Morgan fingerprint density at radius 1 is 1.00 bits per heavy atom. The lowest BCUT2D eigenvalue weighted by atomic mass is 10.0. The number of nitrogens with one attached hydrogen (secondary N) is 5. The minimum absolute atomic E-state index is 0.112. The van der Waals surface area contributed by atoms with E-state index in [1.807, 2.05) is 42.1 Å². The van der Waals surface area contributed by atoms with E-state index in [2.05, 4.69) is 26.6 Å². The highest BCUT2D eigenvalue weighted by Gasteiger charge is 2.42. The first-order valence-corrected chi connectivity index (χ1v) is 14.5. The molecule has 1 aromatic rings. The molecule has 38 heavy (non-hydrogen) atoms. The first-order valence-electron chi connectivity index (χ1n) is 12.9. The maximum Gasteiger partial charge on any atom is 0.315 e. The van der Waals surface area contributed by atoms with Crippen LogP contribution in [0.2, 0.25) is 0 Å². The molecule has 0 saturated carbocycles. The zero-order valence-corrected chi connectivity index (χ0v) is 23.2. The van der Waals surface area contributed by atoms with Crippen LogP contribution < -0.4 is 26.6 Å². The molecule has 12 heteroatoms. The van der Waals surface area contributed by atoms with E-state index in [-0.39, 0.29) is 48.5 Å². The summed E-state index contributed by atoms with van der Waals surface area (Å²) in [6.07, 6.45) is 2.99. The van der Waals surface area contributed by atoms with E-state index in [0.717, 1.165) is 24.2 Å². The first kappa shape index (κ1) is 29.8. The van der Waals surface area contributed by atoms with Gasteiger partial charge in [-0.05, 0) is 38.7 Å². The van der Waals surface area contributed by atoms with Crippen molar-refractivity contribution in [2.24, 2.45) is 0 Å². The van der Waals surface area contributed by atoms with Gasteiger partial charge in [0, 0.05) is 17.4 Å². The largest absolute Gasteiger partial charge is 0.345 e. The fraction of sp³-hybridized carbons (Fsp3) is 0.577. The Balaban J connectivity index is 1.36. The quantitative estimate of drug-likeness (QED) is 0.130. The Labute approximate surface area is 232 Å². The van der Waals surface area contributed by atoms with Gasteiger partial charge < -0.3 is 26.6 Å². The van der Waals surface area contributed by atoms with Crippen molar-refractivity contribution in [2.75, 3.05) is 11.6 Å². The number of urea groups is 1. The number of alkyl halides is 1.